The van der Waals surface area contributed by atoms with Crippen LogP contribution < -0.4 is 0 Å². The maximum absolute atomic E-state index is 4.34. The van der Waals surface area contributed by atoms with E-state index in [1.165, 1.54) is 19.3 Å². The molecular formula is C24H44N12. The van der Waals surface area contributed by atoms with E-state index in [0.29, 0.717) is 0 Å². The Bertz CT molecular complexity index is 937. The Morgan fingerprint density at radius 3 is 1.25 bits per heavy atom. The van der Waals surface area contributed by atoms with Crippen molar-refractivity contribution >= 4 is 0 Å². The molecule has 12 heteroatoms. The molecule has 4 heterocycles. The van der Waals surface area contributed by atoms with Gasteiger partial charge in [-0.3, -0.25) is 28.7 Å². The second-order valence-corrected chi connectivity index (χ2v) is 9.51. The first-order valence-corrected chi connectivity index (χ1v) is 13.3. The molecule has 0 N–H and O–H groups in total. The number of hydrogen-bond acceptors (Lipinski definition) is 9. The highest BCUT2D eigenvalue weighted by Gasteiger charge is 2.19. The minimum absolute atomic E-state index is 0.798. The van der Waals surface area contributed by atoms with Gasteiger partial charge in [0.05, 0.1) is 17.1 Å². The van der Waals surface area contributed by atoms with Gasteiger partial charge in [0.2, 0.25) is 0 Å². The molecule has 0 spiro atoms. The predicted octanol–water partition coefficient (Wildman–Crippen LogP) is 1.57. The van der Waals surface area contributed by atoms with E-state index in [0.717, 1.165) is 82.5 Å². The van der Waals surface area contributed by atoms with Crippen LogP contribution in [0.15, 0.2) is 18.6 Å². The van der Waals surface area contributed by atoms with Crippen molar-refractivity contribution in [1.29, 1.82) is 0 Å². The van der Waals surface area contributed by atoms with Crippen LogP contribution in [0.3, 0.4) is 0 Å². The zero-order valence-corrected chi connectivity index (χ0v) is 22.8. The largest absolute Gasteiger partial charge is 0.295 e. The Kier molecular flexibility index (Phi) is 11.4. The highest BCUT2D eigenvalue weighted by atomic mass is 15.4. The number of nitrogens with zero attached hydrogens (tertiary/aromatic N) is 12. The number of aromatic nitrogens is 9. The number of unbranched alkanes of at least 4 members (excludes halogenated alkanes) is 2. The fraction of sp³-hybridized carbons (Fsp3) is 0.750. The third-order valence-electron chi connectivity index (χ3n) is 6.27. The van der Waals surface area contributed by atoms with Gasteiger partial charge in [0.1, 0.15) is 0 Å². The molecule has 12 nitrogen and oxygen atoms in total. The van der Waals surface area contributed by atoms with E-state index < -0.39 is 0 Å². The summed E-state index contributed by atoms with van der Waals surface area (Å²) in [6, 6.07) is 0. The van der Waals surface area contributed by atoms with Crippen molar-refractivity contribution in [2.75, 3.05) is 39.3 Å². The number of rotatable bonds is 9. The fourth-order valence-electron chi connectivity index (χ4n) is 4.20. The van der Waals surface area contributed by atoms with Gasteiger partial charge in [-0.1, -0.05) is 48.8 Å². The number of aryl methyl sites for hydroxylation is 3. The Morgan fingerprint density at radius 2 is 0.972 bits per heavy atom. The van der Waals surface area contributed by atoms with Crippen molar-refractivity contribution < 1.29 is 0 Å². The molecule has 3 aromatic heterocycles. The van der Waals surface area contributed by atoms with E-state index in [1.54, 1.807) is 9.36 Å². The van der Waals surface area contributed by atoms with Gasteiger partial charge in [-0.2, -0.15) is 0 Å². The Morgan fingerprint density at radius 1 is 0.583 bits per heavy atom. The van der Waals surface area contributed by atoms with Gasteiger partial charge in [0.15, 0.2) is 0 Å². The van der Waals surface area contributed by atoms with Crippen LogP contribution in [0.25, 0.3) is 0 Å². The van der Waals surface area contributed by atoms with Gasteiger partial charge in [-0.05, 0) is 6.92 Å². The molecule has 0 saturated carbocycles. The molecule has 0 radical (unpaired) electrons. The molecule has 1 aliphatic heterocycles. The first-order valence-electron chi connectivity index (χ1n) is 13.3. The summed E-state index contributed by atoms with van der Waals surface area (Å²) in [5, 5.41) is 25.2. The fourth-order valence-corrected chi connectivity index (χ4v) is 4.20. The van der Waals surface area contributed by atoms with Gasteiger partial charge >= 0.3 is 0 Å². The molecule has 1 fully saturated rings. The summed E-state index contributed by atoms with van der Waals surface area (Å²) in [7, 11) is 3.81. The minimum atomic E-state index is 0.798. The molecule has 200 valence electrons. The lowest BCUT2D eigenvalue weighted by atomic mass is 10.3. The second kappa shape index (κ2) is 14.8. The van der Waals surface area contributed by atoms with Gasteiger partial charge < -0.3 is 0 Å². The van der Waals surface area contributed by atoms with Crippen molar-refractivity contribution in [3.8, 4) is 0 Å². The zero-order chi connectivity index (χ0) is 25.8. The van der Waals surface area contributed by atoms with E-state index in [4.69, 9.17) is 0 Å². The van der Waals surface area contributed by atoms with Crippen molar-refractivity contribution in [3.63, 3.8) is 0 Å². The van der Waals surface area contributed by atoms with Crippen LogP contribution in [0.4, 0.5) is 0 Å². The number of hydrogen-bond donors (Lipinski definition) is 0. The predicted molar refractivity (Wildman–Crippen MR) is 139 cm³/mol. The third-order valence-corrected chi connectivity index (χ3v) is 6.27. The Labute approximate surface area is 215 Å². The van der Waals surface area contributed by atoms with Gasteiger partial charge in [-0.25, -0.2) is 0 Å². The molecule has 0 aliphatic carbocycles. The average Bonchev–Trinajstić information content (AvgIpc) is 3.61. The second-order valence-electron chi connectivity index (χ2n) is 9.51. The van der Waals surface area contributed by atoms with Crippen molar-refractivity contribution in [2.45, 2.75) is 66.2 Å². The van der Waals surface area contributed by atoms with E-state index >= 15 is 0 Å². The average molecular weight is 501 g/mol. The highest BCUT2D eigenvalue weighted by molar-refractivity contribution is 4.95. The lowest BCUT2D eigenvalue weighted by Gasteiger charge is -2.24. The summed E-state index contributed by atoms with van der Waals surface area (Å²) >= 11 is 0. The van der Waals surface area contributed by atoms with E-state index in [9.17, 15) is 0 Å². The molecule has 0 amide bonds. The first kappa shape index (κ1) is 27.9. The molecule has 0 bridgehead atoms. The Balaban J connectivity index is 0.000000658. The summed E-state index contributed by atoms with van der Waals surface area (Å²) in [5.74, 6) is 0. The highest BCUT2D eigenvalue weighted by Crippen LogP contribution is 2.09. The lowest BCUT2D eigenvalue weighted by molar-refractivity contribution is 0.206. The summed E-state index contributed by atoms with van der Waals surface area (Å²) in [6.07, 6.45) is 10.1. The topological polar surface area (TPSA) is 102 Å². The van der Waals surface area contributed by atoms with Crippen LogP contribution in [0.2, 0.25) is 0 Å². The summed E-state index contributed by atoms with van der Waals surface area (Å²) in [6.45, 7) is 15.6. The molecule has 0 atom stereocenters. The Hall–Kier alpha value is -2.70. The molecule has 1 aliphatic rings. The molecule has 0 unspecified atom stereocenters. The minimum Gasteiger partial charge on any atom is -0.295 e. The molecule has 4 rings (SSSR count). The van der Waals surface area contributed by atoms with E-state index in [1.807, 2.05) is 37.4 Å². The van der Waals surface area contributed by atoms with Gasteiger partial charge in [0, 0.05) is 98.1 Å². The molecular weight excluding hydrogens is 456 g/mol. The van der Waals surface area contributed by atoms with E-state index in [2.05, 4.69) is 66.4 Å². The van der Waals surface area contributed by atoms with Crippen molar-refractivity contribution in [2.24, 2.45) is 14.1 Å². The lowest BCUT2D eigenvalue weighted by Crippen LogP contribution is -2.35. The summed E-state index contributed by atoms with van der Waals surface area (Å²) in [5.41, 5.74) is 3.02. The molecule has 3 aromatic rings. The van der Waals surface area contributed by atoms with Gasteiger partial charge in [0.25, 0.3) is 0 Å². The molecule has 1 saturated heterocycles. The summed E-state index contributed by atoms with van der Waals surface area (Å²) < 4.78 is 5.40. The maximum atomic E-state index is 4.34. The monoisotopic (exact) mass is 500 g/mol. The third kappa shape index (κ3) is 9.40. The van der Waals surface area contributed by atoms with Crippen LogP contribution in [-0.4, -0.2) is 98.9 Å². The van der Waals surface area contributed by atoms with Crippen molar-refractivity contribution in [3.05, 3.63) is 35.7 Å². The summed E-state index contributed by atoms with van der Waals surface area (Å²) in [4.78, 5) is 7.37. The van der Waals surface area contributed by atoms with E-state index in [-0.39, 0.29) is 0 Å². The van der Waals surface area contributed by atoms with Crippen molar-refractivity contribution in [1.82, 2.24) is 59.7 Å². The van der Waals surface area contributed by atoms with Crippen LogP contribution in [0.5, 0.6) is 0 Å². The van der Waals surface area contributed by atoms with Crippen LogP contribution in [-0.2, 0) is 40.3 Å². The molecule has 0 aromatic carbocycles. The quantitative estimate of drug-likeness (QED) is 0.433. The maximum Gasteiger partial charge on any atom is 0.0967 e. The standard InChI is InChI=1S/C19H32N12.C5H12/c1-4-31-16-19(22-25-31)15-30-9-7-28(13-17-11-26(2)23-20-17)5-6-29(8-10-30)14-18-12-27(3)24-21-18;1-3-5-4-2/h11-12,16H,4-10,13-15H2,1-3H3;3-5H2,1-2H3. The first-order chi connectivity index (χ1) is 17.5. The molecule has 36 heavy (non-hydrogen) atoms. The van der Waals surface area contributed by atoms with Crippen LogP contribution in [0, 0.1) is 0 Å². The normalized spacial score (nSPS) is 16.2. The SMILES string of the molecule is CCCCC.CCn1cc(CN2CCN(Cc3cn(C)nn3)CCN(Cc3cn(C)nn3)CC2)nn1. The van der Waals surface area contributed by atoms with Gasteiger partial charge in [-0.15, -0.1) is 15.3 Å². The van der Waals surface area contributed by atoms with Crippen LogP contribution >= 0.6 is 0 Å². The zero-order valence-electron chi connectivity index (χ0n) is 22.8. The smallest absolute Gasteiger partial charge is 0.0967 e. The van der Waals surface area contributed by atoms with Crippen LogP contribution in [0.1, 0.15) is 57.1 Å².